The second-order valence-corrected chi connectivity index (χ2v) is 7.41. The monoisotopic (exact) mass is 350 g/mol. The van der Waals surface area contributed by atoms with Crippen LogP contribution in [0.25, 0.3) is 0 Å². The van der Waals surface area contributed by atoms with Crippen molar-refractivity contribution in [3.8, 4) is 0 Å². The minimum absolute atomic E-state index is 0.0424. The zero-order valence-corrected chi connectivity index (χ0v) is 15.3. The molecule has 26 heavy (non-hydrogen) atoms. The lowest BCUT2D eigenvalue weighted by Crippen LogP contribution is -2.27. The van der Waals surface area contributed by atoms with Crippen molar-refractivity contribution in [3.05, 3.63) is 53.7 Å². The zero-order valence-electron chi connectivity index (χ0n) is 15.3. The molecular weight excluding hydrogens is 324 g/mol. The highest BCUT2D eigenvalue weighted by molar-refractivity contribution is 5.92. The Hall–Kier alpha value is -2.40. The number of hydrogen-bond donors (Lipinski definition) is 1. The predicted octanol–water partition coefficient (Wildman–Crippen LogP) is 2.92. The van der Waals surface area contributed by atoms with E-state index in [1.54, 1.807) is 6.20 Å². The number of nitrogens with one attached hydrogen (secondary N) is 1. The number of likely N-dealkylation sites (tertiary alicyclic amines) is 1. The van der Waals surface area contributed by atoms with E-state index in [-0.39, 0.29) is 11.8 Å². The smallest absolute Gasteiger partial charge is 0.229 e. The summed E-state index contributed by atoms with van der Waals surface area (Å²) in [6.45, 7) is 3.85. The van der Waals surface area contributed by atoms with Crippen molar-refractivity contribution >= 4 is 17.4 Å². The third kappa shape index (κ3) is 3.73. The molecule has 2 aliphatic rings. The van der Waals surface area contributed by atoms with Crippen LogP contribution in [0.15, 0.2) is 42.6 Å². The van der Waals surface area contributed by atoms with Crippen LogP contribution in [0.2, 0.25) is 0 Å². The van der Waals surface area contributed by atoms with E-state index in [1.165, 1.54) is 29.7 Å². The van der Waals surface area contributed by atoms with Gasteiger partial charge in [0.15, 0.2) is 0 Å². The van der Waals surface area contributed by atoms with Gasteiger partial charge in [-0.15, -0.1) is 0 Å². The fourth-order valence-corrected chi connectivity index (χ4v) is 4.05. The number of rotatable bonds is 4. The molecule has 1 fully saturated rings. The number of aryl methyl sites for hydroxylation is 1. The number of carbonyl (C=O) groups is 1. The maximum atomic E-state index is 12.5. The van der Waals surface area contributed by atoms with Gasteiger partial charge in [0.1, 0.15) is 5.82 Å². The molecule has 1 atom stereocenters. The molecule has 1 saturated heterocycles. The molecule has 4 rings (SSSR count). The number of hydrogen-bond acceptors (Lipinski definition) is 4. The molecule has 1 unspecified atom stereocenters. The number of aromatic nitrogens is 1. The Morgan fingerprint density at radius 1 is 1.27 bits per heavy atom. The van der Waals surface area contributed by atoms with Crippen molar-refractivity contribution in [2.75, 3.05) is 36.9 Å². The molecular formula is C21H26N4O. The summed E-state index contributed by atoms with van der Waals surface area (Å²) in [5.74, 6) is 0.758. The lowest BCUT2D eigenvalue weighted by molar-refractivity contribution is -0.119. The van der Waals surface area contributed by atoms with Gasteiger partial charge in [0, 0.05) is 38.6 Å². The molecule has 136 valence electrons. The molecule has 0 spiro atoms. The molecule has 1 amide bonds. The molecule has 2 aliphatic heterocycles. The lowest BCUT2D eigenvalue weighted by atomic mass is 9.99. The van der Waals surface area contributed by atoms with Crippen LogP contribution in [0.5, 0.6) is 0 Å². The van der Waals surface area contributed by atoms with Crippen molar-refractivity contribution in [1.29, 1.82) is 0 Å². The predicted molar refractivity (Wildman–Crippen MR) is 104 cm³/mol. The first-order chi connectivity index (χ1) is 12.7. The Labute approximate surface area is 155 Å². The summed E-state index contributed by atoms with van der Waals surface area (Å²) in [5.41, 5.74) is 4.18. The van der Waals surface area contributed by atoms with E-state index in [0.717, 1.165) is 32.6 Å². The van der Waals surface area contributed by atoms with Crippen LogP contribution in [0.4, 0.5) is 11.5 Å². The van der Waals surface area contributed by atoms with Gasteiger partial charge in [0.2, 0.25) is 5.91 Å². The first-order valence-corrected chi connectivity index (χ1v) is 9.46. The van der Waals surface area contributed by atoms with E-state index in [9.17, 15) is 4.79 Å². The van der Waals surface area contributed by atoms with Gasteiger partial charge in [-0.1, -0.05) is 18.2 Å². The second-order valence-electron chi connectivity index (χ2n) is 7.41. The topological polar surface area (TPSA) is 48.5 Å². The van der Waals surface area contributed by atoms with Gasteiger partial charge in [-0.3, -0.25) is 9.69 Å². The average Bonchev–Trinajstić information content (AvgIpc) is 3.11. The van der Waals surface area contributed by atoms with Crippen molar-refractivity contribution in [1.82, 2.24) is 9.88 Å². The number of benzene rings is 1. The first kappa shape index (κ1) is 17.0. The standard InChI is InChI=1S/C21H26N4O/c1-24-11-4-5-17-13-16(7-8-19(17)24)14-25-12-9-18(15-25)21(26)23-20-6-2-3-10-22-20/h2-3,6-8,10,13,18H,4-5,9,11-12,14-15H2,1H3,(H,22,23,26). The van der Waals surface area contributed by atoms with Gasteiger partial charge >= 0.3 is 0 Å². The van der Waals surface area contributed by atoms with E-state index < -0.39 is 0 Å². The van der Waals surface area contributed by atoms with E-state index >= 15 is 0 Å². The minimum Gasteiger partial charge on any atom is -0.374 e. The van der Waals surface area contributed by atoms with Crippen LogP contribution in [-0.2, 0) is 17.8 Å². The molecule has 0 bridgehead atoms. The number of carbonyl (C=O) groups excluding carboxylic acids is 1. The summed E-state index contributed by atoms with van der Waals surface area (Å²) >= 11 is 0. The number of fused-ring (bicyclic) bond motifs is 1. The Balaban J connectivity index is 1.35. The Kier molecular flexibility index (Phi) is 4.89. The van der Waals surface area contributed by atoms with Gasteiger partial charge in [0.05, 0.1) is 5.92 Å². The van der Waals surface area contributed by atoms with Crippen LogP contribution in [0.3, 0.4) is 0 Å². The van der Waals surface area contributed by atoms with Gasteiger partial charge in [0.25, 0.3) is 0 Å². The molecule has 1 aromatic carbocycles. The van der Waals surface area contributed by atoms with Crippen LogP contribution in [-0.4, -0.2) is 42.5 Å². The van der Waals surface area contributed by atoms with Gasteiger partial charge in [-0.05, 0) is 55.1 Å². The van der Waals surface area contributed by atoms with Crippen LogP contribution in [0.1, 0.15) is 24.0 Å². The van der Waals surface area contributed by atoms with Crippen molar-refractivity contribution in [2.45, 2.75) is 25.8 Å². The molecule has 1 aromatic heterocycles. The van der Waals surface area contributed by atoms with Gasteiger partial charge < -0.3 is 10.2 Å². The number of nitrogens with zero attached hydrogens (tertiary/aromatic N) is 3. The third-order valence-corrected chi connectivity index (χ3v) is 5.46. The number of amides is 1. The zero-order chi connectivity index (χ0) is 17.9. The summed E-state index contributed by atoms with van der Waals surface area (Å²) in [6.07, 6.45) is 5.01. The van der Waals surface area contributed by atoms with Crippen LogP contribution >= 0.6 is 0 Å². The van der Waals surface area contributed by atoms with Crippen LogP contribution in [0, 0.1) is 5.92 Å². The highest BCUT2D eigenvalue weighted by atomic mass is 16.2. The van der Waals surface area contributed by atoms with E-state index in [2.05, 4.69) is 45.3 Å². The fraction of sp³-hybridized carbons (Fsp3) is 0.429. The number of anilines is 2. The highest BCUT2D eigenvalue weighted by Crippen LogP contribution is 2.28. The second kappa shape index (κ2) is 7.46. The fourth-order valence-electron chi connectivity index (χ4n) is 4.05. The largest absolute Gasteiger partial charge is 0.374 e. The maximum Gasteiger partial charge on any atom is 0.229 e. The third-order valence-electron chi connectivity index (χ3n) is 5.46. The molecule has 0 saturated carbocycles. The van der Waals surface area contributed by atoms with Crippen molar-refractivity contribution < 1.29 is 4.79 Å². The Morgan fingerprint density at radius 2 is 2.19 bits per heavy atom. The van der Waals surface area contributed by atoms with Gasteiger partial charge in [-0.25, -0.2) is 4.98 Å². The highest BCUT2D eigenvalue weighted by Gasteiger charge is 2.28. The average molecular weight is 350 g/mol. The van der Waals surface area contributed by atoms with Gasteiger partial charge in [-0.2, -0.15) is 0 Å². The van der Waals surface area contributed by atoms with E-state index in [4.69, 9.17) is 0 Å². The lowest BCUT2D eigenvalue weighted by Gasteiger charge is -2.28. The van der Waals surface area contributed by atoms with E-state index in [0.29, 0.717) is 5.82 Å². The van der Waals surface area contributed by atoms with E-state index in [1.807, 2.05) is 18.2 Å². The molecule has 1 N–H and O–H groups in total. The first-order valence-electron chi connectivity index (χ1n) is 9.46. The van der Waals surface area contributed by atoms with Crippen molar-refractivity contribution in [3.63, 3.8) is 0 Å². The molecule has 0 radical (unpaired) electrons. The summed E-state index contributed by atoms with van der Waals surface area (Å²) < 4.78 is 0. The molecule has 5 nitrogen and oxygen atoms in total. The summed E-state index contributed by atoms with van der Waals surface area (Å²) in [6, 6.07) is 12.4. The quantitative estimate of drug-likeness (QED) is 0.921. The molecule has 3 heterocycles. The van der Waals surface area contributed by atoms with Crippen molar-refractivity contribution in [2.24, 2.45) is 5.92 Å². The molecule has 5 heteroatoms. The summed E-state index contributed by atoms with van der Waals surface area (Å²) in [7, 11) is 2.17. The Bertz CT molecular complexity index is 777. The summed E-state index contributed by atoms with van der Waals surface area (Å²) in [4.78, 5) is 21.4. The minimum atomic E-state index is 0.0424. The molecule has 0 aliphatic carbocycles. The maximum absolute atomic E-state index is 12.5. The molecule has 2 aromatic rings. The number of pyridine rings is 1. The summed E-state index contributed by atoms with van der Waals surface area (Å²) in [5, 5.41) is 2.93. The normalized spacial score (nSPS) is 20.0. The Morgan fingerprint density at radius 3 is 3.04 bits per heavy atom. The van der Waals surface area contributed by atoms with Crippen LogP contribution < -0.4 is 10.2 Å². The SMILES string of the molecule is CN1CCCc2cc(CN3CCC(C(=O)Nc4ccccn4)C3)ccc21.